The average molecular weight is 239 g/mol. The lowest BCUT2D eigenvalue weighted by atomic mass is 9.71. The van der Waals surface area contributed by atoms with Gasteiger partial charge in [-0.3, -0.25) is 0 Å². The van der Waals surface area contributed by atoms with Gasteiger partial charge in [0.2, 0.25) is 0 Å². The highest BCUT2D eigenvalue weighted by Gasteiger charge is 2.29. The van der Waals surface area contributed by atoms with E-state index in [9.17, 15) is 0 Å². The first kappa shape index (κ1) is 15.0. The van der Waals surface area contributed by atoms with E-state index < -0.39 is 0 Å². The van der Waals surface area contributed by atoms with Crippen LogP contribution in [0.4, 0.5) is 0 Å². The van der Waals surface area contributed by atoms with Gasteiger partial charge in [-0.25, -0.2) is 0 Å². The molecule has 0 spiro atoms. The summed E-state index contributed by atoms with van der Waals surface area (Å²) < 4.78 is 0. The molecule has 0 aromatic rings. The van der Waals surface area contributed by atoms with Crippen molar-refractivity contribution in [3.63, 3.8) is 0 Å². The summed E-state index contributed by atoms with van der Waals surface area (Å²) in [6.45, 7) is 12.8. The number of nitrogens with one attached hydrogen (secondary N) is 1. The van der Waals surface area contributed by atoms with E-state index in [4.69, 9.17) is 0 Å². The Labute approximate surface area is 109 Å². The molecule has 0 bridgehead atoms. The van der Waals surface area contributed by atoms with Gasteiger partial charge in [0.25, 0.3) is 0 Å². The second kappa shape index (κ2) is 6.78. The number of rotatable bonds is 5. The van der Waals surface area contributed by atoms with Crippen molar-refractivity contribution in [3.8, 4) is 0 Å². The lowest BCUT2D eigenvalue weighted by Crippen LogP contribution is -2.42. The van der Waals surface area contributed by atoms with Crippen LogP contribution in [0.5, 0.6) is 0 Å². The maximum Gasteiger partial charge on any atom is 0.00966 e. The minimum atomic E-state index is 0.276. The van der Waals surface area contributed by atoms with Gasteiger partial charge in [0.15, 0.2) is 0 Å². The summed E-state index contributed by atoms with van der Waals surface area (Å²) in [6.07, 6.45) is 8.60. The number of hydrogen-bond acceptors (Lipinski definition) is 1. The molecule has 0 amide bonds. The fraction of sp³-hybridized carbons (Fsp3) is 1.00. The Kier molecular flexibility index (Phi) is 5.99. The van der Waals surface area contributed by atoms with Crippen molar-refractivity contribution in [1.29, 1.82) is 0 Å². The van der Waals surface area contributed by atoms with Crippen LogP contribution in [-0.2, 0) is 0 Å². The van der Waals surface area contributed by atoms with Crippen molar-refractivity contribution in [3.05, 3.63) is 0 Å². The van der Waals surface area contributed by atoms with Crippen LogP contribution >= 0.6 is 0 Å². The van der Waals surface area contributed by atoms with Crippen LogP contribution in [-0.4, -0.2) is 12.1 Å². The highest BCUT2D eigenvalue weighted by molar-refractivity contribution is 4.83. The minimum Gasteiger partial charge on any atom is -0.312 e. The molecule has 3 atom stereocenters. The van der Waals surface area contributed by atoms with E-state index in [1.807, 2.05) is 0 Å². The Morgan fingerprint density at radius 2 is 1.76 bits per heavy atom. The predicted molar refractivity (Wildman–Crippen MR) is 77.3 cm³/mol. The molecule has 0 aliphatic heterocycles. The van der Waals surface area contributed by atoms with Gasteiger partial charge in [-0.1, -0.05) is 39.5 Å². The van der Waals surface area contributed by atoms with Gasteiger partial charge in [0, 0.05) is 5.54 Å². The fourth-order valence-corrected chi connectivity index (χ4v) is 3.30. The lowest BCUT2D eigenvalue weighted by Gasteiger charge is -2.37. The Morgan fingerprint density at radius 3 is 2.29 bits per heavy atom. The van der Waals surface area contributed by atoms with Crippen LogP contribution in [0.25, 0.3) is 0 Å². The average Bonchev–Trinajstić information content (AvgIpc) is 2.26. The zero-order valence-corrected chi connectivity index (χ0v) is 12.7. The standard InChI is InChI=1S/C16H33N/c1-6-8-13-9-10-15(14(7-2)11-13)12-17-16(3,4)5/h13-15,17H,6-12H2,1-5H3. The molecule has 3 unspecified atom stereocenters. The molecule has 1 N–H and O–H groups in total. The summed E-state index contributed by atoms with van der Waals surface area (Å²) >= 11 is 0. The summed E-state index contributed by atoms with van der Waals surface area (Å²) in [7, 11) is 0. The molecule has 0 radical (unpaired) electrons. The fourth-order valence-electron chi connectivity index (χ4n) is 3.30. The van der Waals surface area contributed by atoms with E-state index in [0.717, 1.165) is 17.8 Å². The summed E-state index contributed by atoms with van der Waals surface area (Å²) in [5.41, 5.74) is 0.276. The number of hydrogen-bond donors (Lipinski definition) is 1. The van der Waals surface area contributed by atoms with E-state index in [1.165, 1.54) is 45.1 Å². The maximum atomic E-state index is 3.70. The molecular weight excluding hydrogens is 206 g/mol. The Bertz CT molecular complexity index is 204. The smallest absolute Gasteiger partial charge is 0.00966 e. The molecule has 0 aromatic carbocycles. The first-order chi connectivity index (χ1) is 7.96. The monoisotopic (exact) mass is 239 g/mol. The molecule has 1 rings (SSSR count). The molecule has 17 heavy (non-hydrogen) atoms. The van der Waals surface area contributed by atoms with Gasteiger partial charge in [-0.15, -0.1) is 0 Å². The van der Waals surface area contributed by atoms with Crippen molar-refractivity contribution in [2.75, 3.05) is 6.54 Å². The van der Waals surface area contributed by atoms with Gasteiger partial charge in [-0.05, 0) is 57.9 Å². The van der Waals surface area contributed by atoms with E-state index >= 15 is 0 Å². The van der Waals surface area contributed by atoms with E-state index in [2.05, 4.69) is 39.9 Å². The first-order valence-electron chi connectivity index (χ1n) is 7.71. The van der Waals surface area contributed by atoms with Crippen LogP contribution in [0.15, 0.2) is 0 Å². The molecule has 1 aliphatic carbocycles. The van der Waals surface area contributed by atoms with Crippen LogP contribution in [0, 0.1) is 17.8 Å². The normalized spacial score (nSPS) is 30.5. The van der Waals surface area contributed by atoms with Crippen molar-refractivity contribution in [2.45, 2.75) is 78.7 Å². The third-order valence-electron chi connectivity index (χ3n) is 4.36. The lowest BCUT2D eigenvalue weighted by molar-refractivity contribution is 0.156. The SMILES string of the molecule is CCCC1CCC(CNC(C)(C)C)C(CC)C1. The van der Waals surface area contributed by atoms with Gasteiger partial charge in [0.05, 0.1) is 0 Å². The summed E-state index contributed by atoms with van der Waals surface area (Å²) in [6, 6.07) is 0. The van der Waals surface area contributed by atoms with Crippen LogP contribution in [0.2, 0.25) is 0 Å². The van der Waals surface area contributed by atoms with Crippen LogP contribution in [0.3, 0.4) is 0 Å². The highest BCUT2D eigenvalue weighted by Crippen LogP contribution is 2.37. The van der Waals surface area contributed by atoms with Gasteiger partial charge >= 0.3 is 0 Å². The molecule has 0 heterocycles. The largest absolute Gasteiger partial charge is 0.312 e. The van der Waals surface area contributed by atoms with Crippen LogP contribution < -0.4 is 5.32 Å². The second-order valence-corrected chi connectivity index (χ2v) is 7.03. The molecule has 1 saturated carbocycles. The minimum absolute atomic E-state index is 0.276. The molecule has 0 aromatic heterocycles. The molecule has 1 heteroatoms. The zero-order chi connectivity index (χ0) is 12.9. The third kappa shape index (κ3) is 5.42. The Balaban J connectivity index is 2.40. The Hall–Kier alpha value is -0.0400. The predicted octanol–water partition coefficient (Wildman–Crippen LogP) is 4.62. The first-order valence-corrected chi connectivity index (χ1v) is 7.71. The Morgan fingerprint density at radius 1 is 1.06 bits per heavy atom. The highest BCUT2D eigenvalue weighted by atomic mass is 14.9. The van der Waals surface area contributed by atoms with Crippen LogP contribution in [0.1, 0.15) is 73.1 Å². The molecule has 1 aliphatic rings. The van der Waals surface area contributed by atoms with Crippen molar-refractivity contribution >= 4 is 0 Å². The molecule has 1 nitrogen and oxygen atoms in total. The van der Waals surface area contributed by atoms with E-state index in [-0.39, 0.29) is 5.54 Å². The van der Waals surface area contributed by atoms with E-state index in [1.54, 1.807) is 0 Å². The van der Waals surface area contributed by atoms with E-state index in [0.29, 0.717) is 0 Å². The third-order valence-corrected chi connectivity index (χ3v) is 4.36. The summed E-state index contributed by atoms with van der Waals surface area (Å²) in [5.74, 6) is 2.92. The van der Waals surface area contributed by atoms with Gasteiger partial charge in [0.1, 0.15) is 0 Å². The zero-order valence-electron chi connectivity index (χ0n) is 12.7. The molecule has 1 fully saturated rings. The maximum absolute atomic E-state index is 3.70. The van der Waals surface area contributed by atoms with Gasteiger partial charge < -0.3 is 5.32 Å². The summed E-state index contributed by atoms with van der Waals surface area (Å²) in [5, 5.41) is 3.70. The molecular formula is C16H33N. The quantitative estimate of drug-likeness (QED) is 0.738. The second-order valence-electron chi connectivity index (χ2n) is 7.03. The van der Waals surface area contributed by atoms with Crippen molar-refractivity contribution in [2.24, 2.45) is 17.8 Å². The van der Waals surface area contributed by atoms with Crippen molar-refractivity contribution < 1.29 is 0 Å². The van der Waals surface area contributed by atoms with Gasteiger partial charge in [-0.2, -0.15) is 0 Å². The molecule has 0 saturated heterocycles. The molecule has 102 valence electrons. The van der Waals surface area contributed by atoms with Crippen molar-refractivity contribution in [1.82, 2.24) is 5.32 Å². The topological polar surface area (TPSA) is 12.0 Å². The summed E-state index contributed by atoms with van der Waals surface area (Å²) in [4.78, 5) is 0.